The third kappa shape index (κ3) is 7.18. The zero-order valence-corrected chi connectivity index (χ0v) is 15.4. The van der Waals surface area contributed by atoms with Crippen molar-refractivity contribution in [3.05, 3.63) is 23.8 Å². The molecule has 0 unspecified atom stereocenters. The molecule has 0 aliphatic carbocycles. The summed E-state index contributed by atoms with van der Waals surface area (Å²) in [5.41, 5.74) is 0.111. The topological polar surface area (TPSA) is 9.23 Å². The molecule has 0 fully saturated rings. The van der Waals surface area contributed by atoms with Gasteiger partial charge in [0.2, 0.25) is 0 Å². The van der Waals surface area contributed by atoms with Crippen LogP contribution in [0.3, 0.4) is 0 Å². The number of hydrogen-bond acceptors (Lipinski definition) is 1. The Morgan fingerprint density at radius 3 is 2.16 bits per heavy atom. The first kappa shape index (κ1) is 19.5. The van der Waals surface area contributed by atoms with E-state index in [-0.39, 0.29) is 56.8 Å². The van der Waals surface area contributed by atoms with E-state index in [0.717, 1.165) is 18.6 Å². The number of aryl methyl sites for hydroxylation is 1. The van der Waals surface area contributed by atoms with Gasteiger partial charge in [-0.25, -0.2) is 0 Å². The van der Waals surface area contributed by atoms with Crippen LogP contribution in [0.15, 0.2) is 18.2 Å². The smallest absolute Gasteiger partial charge is 0.493 e. The predicted molar refractivity (Wildman–Crippen MR) is 69.5 cm³/mol. The first-order chi connectivity index (χ1) is 8.09. The van der Waals surface area contributed by atoms with Gasteiger partial charge in [-0.15, -0.1) is 5.46 Å². The summed E-state index contributed by atoms with van der Waals surface area (Å²) in [5.74, 6) is 0.531. The average Bonchev–Trinajstić information content (AvgIpc) is 2.17. The summed E-state index contributed by atoms with van der Waals surface area (Å²) in [5, 5.41) is 0. The van der Waals surface area contributed by atoms with Crippen LogP contribution in [0.5, 0.6) is 5.75 Å². The van der Waals surface area contributed by atoms with Crippen molar-refractivity contribution < 1.29 is 69.1 Å². The Balaban J connectivity index is 0.00000324. The maximum absolute atomic E-state index is 12.5. The molecule has 1 rings (SSSR count). The van der Waals surface area contributed by atoms with E-state index >= 15 is 0 Å². The van der Waals surface area contributed by atoms with Crippen LogP contribution >= 0.6 is 0 Å². The fourth-order valence-electron chi connectivity index (χ4n) is 1.51. The molecule has 0 spiro atoms. The van der Waals surface area contributed by atoms with Gasteiger partial charge in [-0.05, 0) is 30.4 Å². The van der Waals surface area contributed by atoms with E-state index in [4.69, 9.17) is 4.74 Å². The second-order valence-corrected chi connectivity index (χ2v) is 5.76. The fraction of sp³-hybridized carbons (Fsp3) is 0.538. The van der Waals surface area contributed by atoms with Gasteiger partial charge in [-0.2, -0.15) is 0 Å². The molecule has 0 amide bonds. The quantitative estimate of drug-likeness (QED) is 0.750. The van der Waals surface area contributed by atoms with Gasteiger partial charge in [0.25, 0.3) is 0 Å². The Labute approximate surface area is 155 Å². The molecule has 0 aliphatic rings. The number of hydrogen-bond donors (Lipinski definition) is 0. The first-order valence-corrected chi connectivity index (χ1v) is 6.03. The largest absolute Gasteiger partial charge is 1.00 e. The van der Waals surface area contributed by atoms with E-state index in [1.807, 2.05) is 0 Å². The van der Waals surface area contributed by atoms with Gasteiger partial charge < -0.3 is 17.7 Å². The fourth-order valence-corrected chi connectivity index (χ4v) is 1.51. The van der Waals surface area contributed by atoms with Crippen molar-refractivity contribution in [3.8, 4) is 5.75 Å². The number of benzene rings is 1. The standard InChI is InChI=1S/C13H19BF3O.K/c1-10-9-11(14(15,16)17)5-6-12(10)18-8-7-13(2,3)4;/h5-6,9H,7-8H2,1-4H3;/q-1;+1. The summed E-state index contributed by atoms with van der Waals surface area (Å²) in [6.45, 7) is 3.51. The molecule has 1 aromatic rings. The number of rotatable bonds is 4. The molecule has 0 bridgehead atoms. The molecule has 0 radical (unpaired) electrons. The van der Waals surface area contributed by atoms with Crippen molar-refractivity contribution in [2.75, 3.05) is 6.61 Å². The molecule has 1 nitrogen and oxygen atoms in total. The van der Waals surface area contributed by atoms with E-state index in [0.29, 0.717) is 17.9 Å². The Bertz CT molecular complexity index is 413. The number of ether oxygens (including phenoxy) is 1. The summed E-state index contributed by atoms with van der Waals surface area (Å²) in [7, 11) is 0. The van der Waals surface area contributed by atoms with Crippen molar-refractivity contribution in [3.63, 3.8) is 0 Å². The molecular weight excluding hydrogens is 279 g/mol. The minimum absolute atomic E-state index is 0. The van der Waals surface area contributed by atoms with Crippen LogP contribution in [-0.4, -0.2) is 13.6 Å². The van der Waals surface area contributed by atoms with E-state index in [1.54, 1.807) is 6.92 Å². The SMILES string of the molecule is Cc1cc([B-](F)(F)F)ccc1OCCC(C)(C)C.[K+]. The second-order valence-electron chi connectivity index (χ2n) is 5.76. The van der Waals surface area contributed by atoms with Gasteiger partial charge in [-0.3, -0.25) is 0 Å². The monoisotopic (exact) mass is 298 g/mol. The normalized spacial score (nSPS) is 11.9. The van der Waals surface area contributed by atoms with E-state index in [1.165, 1.54) is 6.07 Å². The molecule has 0 aromatic heterocycles. The molecule has 19 heavy (non-hydrogen) atoms. The summed E-state index contributed by atoms with van der Waals surface area (Å²) in [6, 6.07) is 3.63. The molecule has 6 heteroatoms. The van der Waals surface area contributed by atoms with Gasteiger partial charge in [0.1, 0.15) is 5.75 Å². The number of halogens is 3. The van der Waals surface area contributed by atoms with Crippen molar-refractivity contribution >= 4 is 12.4 Å². The van der Waals surface area contributed by atoms with Gasteiger partial charge in [0.15, 0.2) is 0 Å². The minimum Gasteiger partial charge on any atom is -0.493 e. The summed E-state index contributed by atoms with van der Waals surface area (Å²) < 4.78 is 43.1. The third-order valence-electron chi connectivity index (χ3n) is 2.69. The van der Waals surface area contributed by atoms with E-state index < -0.39 is 12.4 Å². The van der Waals surface area contributed by atoms with E-state index in [9.17, 15) is 12.9 Å². The van der Waals surface area contributed by atoms with Crippen molar-refractivity contribution in [2.45, 2.75) is 34.1 Å². The molecule has 0 heterocycles. The zero-order valence-electron chi connectivity index (χ0n) is 12.3. The van der Waals surface area contributed by atoms with E-state index in [2.05, 4.69) is 20.8 Å². The Hall–Kier alpha value is 0.511. The van der Waals surface area contributed by atoms with Crippen LogP contribution in [-0.2, 0) is 0 Å². The van der Waals surface area contributed by atoms with Crippen LogP contribution in [0.1, 0.15) is 32.8 Å². The molecule has 102 valence electrons. The Morgan fingerprint density at radius 1 is 1.16 bits per heavy atom. The summed E-state index contributed by atoms with van der Waals surface area (Å²) in [6.07, 6.45) is 0.859. The van der Waals surface area contributed by atoms with Gasteiger partial charge >= 0.3 is 58.4 Å². The van der Waals surface area contributed by atoms with Gasteiger partial charge in [0.05, 0.1) is 6.61 Å². The first-order valence-electron chi connectivity index (χ1n) is 6.03. The molecule has 1 aromatic carbocycles. The van der Waals surface area contributed by atoms with Crippen LogP contribution in [0, 0.1) is 12.3 Å². The molecule has 0 N–H and O–H groups in total. The van der Waals surface area contributed by atoms with Crippen molar-refractivity contribution in [1.29, 1.82) is 0 Å². The minimum atomic E-state index is -4.93. The molecule has 0 saturated heterocycles. The Kier molecular flexibility index (Phi) is 7.70. The summed E-state index contributed by atoms with van der Waals surface area (Å²) >= 11 is 0. The predicted octanol–water partition coefficient (Wildman–Crippen LogP) is 0.868. The van der Waals surface area contributed by atoms with Crippen LogP contribution in [0.2, 0.25) is 0 Å². The Morgan fingerprint density at radius 2 is 1.74 bits per heavy atom. The van der Waals surface area contributed by atoms with Crippen LogP contribution < -0.4 is 61.6 Å². The second kappa shape index (κ2) is 7.50. The average molecular weight is 298 g/mol. The molecular formula is C13H19BF3KO. The van der Waals surface area contributed by atoms with Gasteiger partial charge in [0, 0.05) is 0 Å². The van der Waals surface area contributed by atoms with Gasteiger partial charge in [-0.1, -0.05) is 32.9 Å². The maximum atomic E-state index is 12.5. The third-order valence-corrected chi connectivity index (χ3v) is 2.69. The molecule has 0 aliphatic heterocycles. The molecule has 0 atom stereocenters. The molecule has 0 saturated carbocycles. The summed E-state index contributed by atoms with van der Waals surface area (Å²) in [4.78, 5) is 0. The zero-order chi connectivity index (χ0) is 14.0. The van der Waals surface area contributed by atoms with Crippen molar-refractivity contribution in [2.24, 2.45) is 5.41 Å². The maximum Gasteiger partial charge on any atom is 1.00 e. The van der Waals surface area contributed by atoms with Crippen molar-refractivity contribution in [1.82, 2.24) is 0 Å². The van der Waals surface area contributed by atoms with Crippen LogP contribution in [0.4, 0.5) is 12.9 Å². The van der Waals surface area contributed by atoms with Crippen LogP contribution in [0.25, 0.3) is 0 Å².